The van der Waals surface area contributed by atoms with E-state index in [-0.39, 0.29) is 11.8 Å². The molecule has 0 N–H and O–H groups in total. The lowest BCUT2D eigenvalue weighted by molar-refractivity contribution is -0.112. The molecule has 0 radical (unpaired) electrons. The number of carbonyl (C=O) groups is 2. The van der Waals surface area contributed by atoms with Gasteiger partial charge in [-0.25, -0.2) is 0 Å². The minimum Gasteiger partial charge on any atom is -0.303 e. The average Bonchev–Trinajstić information content (AvgIpc) is 2.50. The SMILES string of the molecule is O=C[C@H]1/C=C2/C=CC=C/C(=C/[C@H](C=O)C1)C2. The molecular formula is C14H14O2. The van der Waals surface area contributed by atoms with Crippen LogP contribution in [0.25, 0.3) is 0 Å². The van der Waals surface area contributed by atoms with Crippen LogP contribution in [0.15, 0.2) is 47.6 Å². The Morgan fingerprint density at radius 2 is 1.44 bits per heavy atom. The van der Waals surface area contributed by atoms with Gasteiger partial charge in [-0.05, 0) is 24.0 Å². The highest BCUT2D eigenvalue weighted by atomic mass is 16.1. The summed E-state index contributed by atoms with van der Waals surface area (Å²) >= 11 is 0. The van der Waals surface area contributed by atoms with E-state index in [0.717, 1.165) is 30.1 Å². The maximum Gasteiger partial charge on any atom is 0.126 e. The molecule has 82 valence electrons. The van der Waals surface area contributed by atoms with Crippen LogP contribution >= 0.6 is 0 Å². The van der Waals surface area contributed by atoms with Crippen LogP contribution in [0.1, 0.15) is 12.8 Å². The number of allylic oxidation sites excluding steroid dienone is 8. The minimum absolute atomic E-state index is 0.147. The predicted molar refractivity (Wildman–Crippen MR) is 62.8 cm³/mol. The lowest BCUT2D eigenvalue weighted by Crippen LogP contribution is -2.11. The minimum atomic E-state index is -0.147. The summed E-state index contributed by atoms with van der Waals surface area (Å²) in [6.07, 6.45) is 15.2. The van der Waals surface area contributed by atoms with Crippen LogP contribution in [0.3, 0.4) is 0 Å². The maximum atomic E-state index is 10.9. The zero-order chi connectivity index (χ0) is 11.4. The van der Waals surface area contributed by atoms with Crippen LogP contribution in [0, 0.1) is 11.8 Å². The Hall–Kier alpha value is -1.70. The van der Waals surface area contributed by atoms with Crippen molar-refractivity contribution in [2.45, 2.75) is 12.8 Å². The van der Waals surface area contributed by atoms with Crippen molar-refractivity contribution in [3.63, 3.8) is 0 Å². The van der Waals surface area contributed by atoms with Crippen molar-refractivity contribution in [2.24, 2.45) is 11.8 Å². The van der Waals surface area contributed by atoms with Crippen LogP contribution in [0.4, 0.5) is 0 Å². The predicted octanol–water partition coefficient (Wildman–Crippen LogP) is 2.39. The van der Waals surface area contributed by atoms with E-state index in [9.17, 15) is 9.59 Å². The maximum absolute atomic E-state index is 10.9. The molecule has 0 aromatic heterocycles. The number of fused-ring (bicyclic) bond motifs is 2. The highest BCUT2D eigenvalue weighted by Crippen LogP contribution is 2.26. The molecule has 0 spiro atoms. The fraction of sp³-hybridized carbons (Fsp3) is 0.286. The lowest BCUT2D eigenvalue weighted by atomic mass is 9.88. The molecule has 0 saturated carbocycles. The molecule has 0 unspecified atom stereocenters. The first-order valence-electron chi connectivity index (χ1n) is 5.48. The lowest BCUT2D eigenvalue weighted by Gasteiger charge is -2.15. The third kappa shape index (κ3) is 2.45. The van der Waals surface area contributed by atoms with Gasteiger partial charge < -0.3 is 9.59 Å². The molecule has 0 aliphatic heterocycles. The third-order valence-electron chi connectivity index (χ3n) is 2.89. The van der Waals surface area contributed by atoms with Crippen LogP contribution in [0.5, 0.6) is 0 Å². The highest BCUT2D eigenvalue weighted by Gasteiger charge is 2.16. The van der Waals surface area contributed by atoms with Crippen LogP contribution in [-0.2, 0) is 9.59 Å². The molecule has 0 amide bonds. The van der Waals surface area contributed by atoms with Crippen LogP contribution in [0.2, 0.25) is 0 Å². The summed E-state index contributed by atoms with van der Waals surface area (Å²) in [6.45, 7) is 0. The molecule has 0 aromatic rings. The fourth-order valence-corrected chi connectivity index (χ4v) is 2.13. The second-order valence-electron chi connectivity index (χ2n) is 4.21. The summed E-state index contributed by atoms with van der Waals surface area (Å²) < 4.78 is 0. The first-order chi connectivity index (χ1) is 7.81. The van der Waals surface area contributed by atoms with Gasteiger partial charge in [-0.1, -0.05) is 36.5 Å². The van der Waals surface area contributed by atoms with E-state index >= 15 is 0 Å². The molecular weight excluding hydrogens is 200 g/mol. The summed E-state index contributed by atoms with van der Waals surface area (Å²) in [5.41, 5.74) is 2.30. The largest absolute Gasteiger partial charge is 0.303 e. The average molecular weight is 214 g/mol. The second kappa shape index (κ2) is 4.88. The van der Waals surface area contributed by atoms with Gasteiger partial charge in [0.1, 0.15) is 12.6 Å². The molecule has 16 heavy (non-hydrogen) atoms. The smallest absolute Gasteiger partial charge is 0.126 e. The van der Waals surface area contributed by atoms with Crippen molar-refractivity contribution in [3.05, 3.63) is 47.6 Å². The third-order valence-corrected chi connectivity index (χ3v) is 2.89. The van der Waals surface area contributed by atoms with E-state index < -0.39 is 0 Å². The molecule has 2 rings (SSSR count). The van der Waals surface area contributed by atoms with Gasteiger partial charge in [0.2, 0.25) is 0 Å². The molecule has 0 aromatic carbocycles. The van der Waals surface area contributed by atoms with Crippen molar-refractivity contribution in [1.29, 1.82) is 0 Å². The second-order valence-corrected chi connectivity index (χ2v) is 4.21. The Balaban J connectivity index is 2.36. The molecule has 2 nitrogen and oxygen atoms in total. The van der Waals surface area contributed by atoms with Gasteiger partial charge in [0.15, 0.2) is 0 Å². The molecule has 2 heteroatoms. The Labute approximate surface area is 95.0 Å². The molecule has 0 saturated heterocycles. The standard InChI is InChI=1S/C14H14O2/c15-9-13-6-11-3-1-2-4-12(5-11)7-14(8-13)10-16/h1-4,6-7,9-10,13-14H,5,8H2/b11-6-,12-7-/t13-,14-/m0/s1. The zero-order valence-corrected chi connectivity index (χ0v) is 9.00. The van der Waals surface area contributed by atoms with Crippen molar-refractivity contribution in [1.82, 2.24) is 0 Å². The normalized spacial score (nSPS) is 34.8. The van der Waals surface area contributed by atoms with Crippen LogP contribution in [-0.4, -0.2) is 12.6 Å². The summed E-state index contributed by atoms with van der Waals surface area (Å²) in [5, 5.41) is 0. The van der Waals surface area contributed by atoms with E-state index in [4.69, 9.17) is 0 Å². The van der Waals surface area contributed by atoms with Gasteiger partial charge in [0.25, 0.3) is 0 Å². The Kier molecular flexibility index (Phi) is 3.30. The van der Waals surface area contributed by atoms with Gasteiger partial charge in [0.05, 0.1) is 0 Å². The molecule has 2 aliphatic rings. The van der Waals surface area contributed by atoms with E-state index in [1.807, 2.05) is 36.5 Å². The summed E-state index contributed by atoms with van der Waals surface area (Å²) in [5.74, 6) is -0.295. The Morgan fingerprint density at radius 1 is 0.938 bits per heavy atom. The summed E-state index contributed by atoms with van der Waals surface area (Å²) in [4.78, 5) is 21.8. The molecule has 2 bridgehead atoms. The van der Waals surface area contributed by atoms with E-state index in [1.165, 1.54) is 0 Å². The molecule has 0 heterocycles. The van der Waals surface area contributed by atoms with Crippen molar-refractivity contribution in [2.75, 3.05) is 0 Å². The summed E-state index contributed by atoms with van der Waals surface area (Å²) in [7, 11) is 0. The summed E-state index contributed by atoms with van der Waals surface area (Å²) in [6, 6.07) is 0. The molecule has 0 fully saturated rings. The van der Waals surface area contributed by atoms with E-state index in [2.05, 4.69) is 0 Å². The number of rotatable bonds is 2. The van der Waals surface area contributed by atoms with Gasteiger partial charge >= 0.3 is 0 Å². The number of carbonyl (C=O) groups excluding carboxylic acids is 2. The first-order valence-corrected chi connectivity index (χ1v) is 5.48. The van der Waals surface area contributed by atoms with Gasteiger partial charge in [-0.2, -0.15) is 0 Å². The number of aldehydes is 2. The van der Waals surface area contributed by atoms with Gasteiger partial charge in [0, 0.05) is 11.8 Å². The van der Waals surface area contributed by atoms with Crippen LogP contribution < -0.4 is 0 Å². The van der Waals surface area contributed by atoms with E-state index in [0.29, 0.717) is 6.42 Å². The van der Waals surface area contributed by atoms with Crippen molar-refractivity contribution in [3.8, 4) is 0 Å². The molecule has 2 aliphatic carbocycles. The number of hydrogen-bond acceptors (Lipinski definition) is 2. The first kappa shape index (κ1) is 10.8. The van der Waals surface area contributed by atoms with Gasteiger partial charge in [-0.3, -0.25) is 0 Å². The monoisotopic (exact) mass is 214 g/mol. The van der Waals surface area contributed by atoms with E-state index in [1.54, 1.807) is 0 Å². The van der Waals surface area contributed by atoms with Crippen molar-refractivity contribution >= 4 is 12.6 Å². The van der Waals surface area contributed by atoms with Gasteiger partial charge in [-0.15, -0.1) is 0 Å². The van der Waals surface area contributed by atoms with Crippen molar-refractivity contribution < 1.29 is 9.59 Å². The highest BCUT2D eigenvalue weighted by molar-refractivity contribution is 5.63. The zero-order valence-electron chi connectivity index (χ0n) is 9.00. The quantitative estimate of drug-likeness (QED) is 0.661. The fourth-order valence-electron chi connectivity index (χ4n) is 2.13. The Bertz CT molecular complexity index is 372. The topological polar surface area (TPSA) is 34.1 Å². The Morgan fingerprint density at radius 3 is 1.88 bits per heavy atom. The molecule has 2 atom stereocenters. The number of hydrogen-bond donors (Lipinski definition) is 0.